The van der Waals surface area contributed by atoms with E-state index in [9.17, 15) is 9.59 Å². The number of aromatic nitrogens is 1. The largest absolute Gasteiger partial charge is 0.497 e. The van der Waals surface area contributed by atoms with E-state index in [0.29, 0.717) is 43.1 Å². The predicted molar refractivity (Wildman–Crippen MR) is 103 cm³/mol. The molecule has 2 amide bonds. The van der Waals surface area contributed by atoms with E-state index in [2.05, 4.69) is 4.98 Å². The summed E-state index contributed by atoms with van der Waals surface area (Å²) in [7, 11) is 1.60. The van der Waals surface area contributed by atoms with E-state index in [0.717, 1.165) is 17.7 Å². The van der Waals surface area contributed by atoms with Crippen LogP contribution in [0, 0.1) is 6.92 Å². The second kappa shape index (κ2) is 8.07. The number of methoxy groups -OCH3 is 1. The number of aryl methyl sites for hydroxylation is 1. The van der Waals surface area contributed by atoms with Crippen LogP contribution in [-0.2, 0) is 0 Å². The number of nitrogens with two attached hydrogens (primary N) is 1. The second-order valence-electron chi connectivity index (χ2n) is 6.59. The van der Waals surface area contributed by atoms with Crippen molar-refractivity contribution >= 4 is 17.5 Å². The molecule has 1 fully saturated rings. The number of benzene rings is 1. The van der Waals surface area contributed by atoms with Gasteiger partial charge in [0.2, 0.25) is 0 Å². The number of anilines is 1. The Balaban J connectivity index is 1.69. The monoisotopic (exact) mass is 368 g/mol. The SMILES string of the molecule is COc1ccc(C(=O)N2CCCN(C(=O)c3cc(N)ccn3)CC2)c(C)c1. The summed E-state index contributed by atoms with van der Waals surface area (Å²) in [6.45, 7) is 4.04. The lowest BCUT2D eigenvalue weighted by molar-refractivity contribution is 0.0715. The molecule has 142 valence electrons. The third-order valence-electron chi connectivity index (χ3n) is 4.74. The van der Waals surface area contributed by atoms with Gasteiger partial charge in [-0.1, -0.05) is 0 Å². The zero-order valence-electron chi connectivity index (χ0n) is 15.6. The van der Waals surface area contributed by atoms with Crippen molar-refractivity contribution < 1.29 is 14.3 Å². The smallest absolute Gasteiger partial charge is 0.272 e. The molecule has 1 aromatic carbocycles. The molecule has 0 radical (unpaired) electrons. The minimum atomic E-state index is -0.155. The van der Waals surface area contributed by atoms with Gasteiger partial charge in [0.15, 0.2) is 0 Å². The number of amides is 2. The molecule has 1 aromatic heterocycles. The molecule has 0 atom stereocenters. The van der Waals surface area contributed by atoms with Crippen LogP contribution in [0.4, 0.5) is 5.69 Å². The molecule has 0 aliphatic carbocycles. The number of nitrogen functional groups attached to an aromatic ring is 1. The first-order chi connectivity index (χ1) is 13.0. The molecule has 7 heteroatoms. The van der Waals surface area contributed by atoms with Crippen molar-refractivity contribution in [3.05, 3.63) is 53.3 Å². The molecule has 3 rings (SSSR count). The van der Waals surface area contributed by atoms with Gasteiger partial charge in [-0.3, -0.25) is 14.6 Å². The topological polar surface area (TPSA) is 88.8 Å². The molecule has 1 aliphatic rings. The Hall–Kier alpha value is -3.09. The molecular weight excluding hydrogens is 344 g/mol. The van der Waals surface area contributed by atoms with E-state index in [1.807, 2.05) is 13.0 Å². The normalized spacial score (nSPS) is 14.6. The van der Waals surface area contributed by atoms with Gasteiger partial charge in [0.05, 0.1) is 7.11 Å². The van der Waals surface area contributed by atoms with Crippen LogP contribution in [0.3, 0.4) is 0 Å². The highest BCUT2D eigenvalue weighted by atomic mass is 16.5. The van der Waals surface area contributed by atoms with Crippen molar-refractivity contribution in [3.8, 4) is 5.75 Å². The highest BCUT2D eigenvalue weighted by molar-refractivity contribution is 5.96. The van der Waals surface area contributed by atoms with Crippen LogP contribution in [0.25, 0.3) is 0 Å². The molecule has 1 aliphatic heterocycles. The van der Waals surface area contributed by atoms with Gasteiger partial charge in [-0.2, -0.15) is 0 Å². The number of hydrogen-bond acceptors (Lipinski definition) is 5. The number of rotatable bonds is 3. The number of carbonyl (C=O) groups is 2. The van der Waals surface area contributed by atoms with Crippen LogP contribution in [0.2, 0.25) is 0 Å². The summed E-state index contributed by atoms with van der Waals surface area (Å²) in [5.74, 6) is 0.551. The first-order valence-electron chi connectivity index (χ1n) is 8.94. The van der Waals surface area contributed by atoms with Crippen molar-refractivity contribution in [2.24, 2.45) is 0 Å². The maximum absolute atomic E-state index is 12.9. The molecule has 2 heterocycles. The summed E-state index contributed by atoms with van der Waals surface area (Å²) in [6, 6.07) is 8.67. The molecule has 0 unspecified atom stereocenters. The molecule has 0 bridgehead atoms. The standard InChI is InChI=1S/C20H24N4O3/c1-14-12-16(27-2)4-5-17(14)19(25)23-8-3-9-24(11-10-23)20(26)18-13-15(21)6-7-22-18/h4-7,12-13H,3,8-11H2,1-2H3,(H2,21,22). The molecular formula is C20H24N4O3. The fraction of sp³-hybridized carbons (Fsp3) is 0.350. The molecule has 0 saturated carbocycles. The average molecular weight is 368 g/mol. The second-order valence-corrected chi connectivity index (χ2v) is 6.59. The molecule has 1 saturated heterocycles. The van der Waals surface area contributed by atoms with Crippen molar-refractivity contribution in [2.75, 3.05) is 39.0 Å². The lowest BCUT2D eigenvalue weighted by Gasteiger charge is -2.23. The van der Waals surface area contributed by atoms with Crippen LogP contribution in [0.5, 0.6) is 5.75 Å². The van der Waals surface area contributed by atoms with Gasteiger partial charge in [0.25, 0.3) is 11.8 Å². The highest BCUT2D eigenvalue weighted by Gasteiger charge is 2.25. The van der Waals surface area contributed by atoms with Crippen LogP contribution in [0.15, 0.2) is 36.5 Å². The summed E-state index contributed by atoms with van der Waals surface area (Å²) in [6.07, 6.45) is 2.25. The highest BCUT2D eigenvalue weighted by Crippen LogP contribution is 2.19. The Kier molecular flexibility index (Phi) is 5.59. The van der Waals surface area contributed by atoms with Crippen LogP contribution < -0.4 is 10.5 Å². The van der Waals surface area contributed by atoms with E-state index in [4.69, 9.17) is 10.5 Å². The Labute approximate surface area is 158 Å². The maximum atomic E-state index is 12.9. The summed E-state index contributed by atoms with van der Waals surface area (Å²) < 4.78 is 5.20. The quantitative estimate of drug-likeness (QED) is 0.895. The first kappa shape index (κ1) is 18.7. The average Bonchev–Trinajstić information content (AvgIpc) is 2.93. The third kappa shape index (κ3) is 4.19. The van der Waals surface area contributed by atoms with Crippen LogP contribution in [-0.4, -0.2) is 59.9 Å². The third-order valence-corrected chi connectivity index (χ3v) is 4.74. The van der Waals surface area contributed by atoms with Gasteiger partial charge in [-0.25, -0.2) is 0 Å². The van der Waals surface area contributed by atoms with E-state index >= 15 is 0 Å². The van der Waals surface area contributed by atoms with Crippen molar-refractivity contribution in [1.82, 2.24) is 14.8 Å². The van der Waals surface area contributed by atoms with Crippen molar-refractivity contribution in [1.29, 1.82) is 0 Å². The Bertz CT molecular complexity index is 853. The summed E-state index contributed by atoms with van der Waals surface area (Å²) in [5, 5.41) is 0. The van der Waals surface area contributed by atoms with E-state index in [1.165, 1.54) is 6.20 Å². The summed E-state index contributed by atoms with van der Waals surface area (Å²) >= 11 is 0. The summed E-state index contributed by atoms with van der Waals surface area (Å²) in [4.78, 5) is 33.2. The Morgan fingerprint density at radius 3 is 2.37 bits per heavy atom. The minimum absolute atomic E-state index is 0.0217. The lowest BCUT2D eigenvalue weighted by Crippen LogP contribution is -2.37. The molecule has 27 heavy (non-hydrogen) atoms. The lowest BCUT2D eigenvalue weighted by atomic mass is 10.1. The summed E-state index contributed by atoms with van der Waals surface area (Å²) in [5.41, 5.74) is 8.12. The number of pyridine rings is 1. The molecule has 2 N–H and O–H groups in total. The van der Waals surface area contributed by atoms with Gasteiger partial charge in [0, 0.05) is 43.6 Å². The number of carbonyl (C=O) groups excluding carboxylic acids is 2. The van der Waals surface area contributed by atoms with E-state index in [-0.39, 0.29) is 11.8 Å². The Morgan fingerprint density at radius 2 is 1.74 bits per heavy atom. The van der Waals surface area contributed by atoms with Gasteiger partial charge in [-0.15, -0.1) is 0 Å². The van der Waals surface area contributed by atoms with Crippen molar-refractivity contribution in [3.63, 3.8) is 0 Å². The fourth-order valence-electron chi connectivity index (χ4n) is 3.22. The predicted octanol–water partition coefficient (Wildman–Crippen LogP) is 1.97. The van der Waals surface area contributed by atoms with Crippen LogP contribution in [0.1, 0.15) is 32.8 Å². The molecule has 2 aromatic rings. The maximum Gasteiger partial charge on any atom is 0.272 e. The number of hydrogen-bond donors (Lipinski definition) is 1. The van der Waals surface area contributed by atoms with E-state index in [1.54, 1.807) is 41.2 Å². The zero-order chi connectivity index (χ0) is 19.4. The Morgan fingerprint density at radius 1 is 1.04 bits per heavy atom. The van der Waals surface area contributed by atoms with Crippen LogP contribution >= 0.6 is 0 Å². The molecule has 7 nitrogen and oxygen atoms in total. The van der Waals surface area contributed by atoms with Gasteiger partial charge in [-0.05, 0) is 49.2 Å². The zero-order valence-corrected chi connectivity index (χ0v) is 15.6. The van der Waals surface area contributed by atoms with Gasteiger partial charge >= 0.3 is 0 Å². The minimum Gasteiger partial charge on any atom is -0.497 e. The fourth-order valence-corrected chi connectivity index (χ4v) is 3.22. The van der Waals surface area contributed by atoms with Gasteiger partial charge in [0.1, 0.15) is 11.4 Å². The van der Waals surface area contributed by atoms with E-state index < -0.39 is 0 Å². The number of nitrogens with zero attached hydrogens (tertiary/aromatic N) is 3. The molecule has 0 spiro atoms. The van der Waals surface area contributed by atoms with Gasteiger partial charge < -0.3 is 20.3 Å². The van der Waals surface area contributed by atoms with Crippen molar-refractivity contribution in [2.45, 2.75) is 13.3 Å². The first-order valence-corrected chi connectivity index (χ1v) is 8.94. The number of ether oxygens (including phenoxy) is 1.